The largest absolute Gasteiger partial charge is 0.397 e. The van der Waals surface area contributed by atoms with Crippen molar-refractivity contribution in [2.45, 2.75) is 0 Å². The molecule has 0 radical (unpaired) electrons. The van der Waals surface area contributed by atoms with Gasteiger partial charge in [-0.15, -0.1) is 0 Å². The molecule has 0 aliphatic carbocycles. The summed E-state index contributed by atoms with van der Waals surface area (Å²) < 4.78 is 13.7. The van der Waals surface area contributed by atoms with Crippen LogP contribution in [0.5, 0.6) is 0 Å². The van der Waals surface area contributed by atoms with E-state index in [1.54, 1.807) is 18.3 Å². The van der Waals surface area contributed by atoms with Gasteiger partial charge < -0.3 is 11.1 Å². The van der Waals surface area contributed by atoms with Gasteiger partial charge in [-0.3, -0.25) is 4.98 Å². The molecule has 0 unspecified atom stereocenters. The van der Waals surface area contributed by atoms with Gasteiger partial charge in [-0.25, -0.2) is 4.39 Å². The van der Waals surface area contributed by atoms with Gasteiger partial charge in [0.25, 0.3) is 0 Å². The Balaban J connectivity index is 2.06. The van der Waals surface area contributed by atoms with Crippen LogP contribution in [0.4, 0.5) is 21.5 Å². The minimum Gasteiger partial charge on any atom is -0.397 e. The number of hydrogen-bond donors (Lipinski definition) is 2. The molecule has 3 aromatic rings. The Hall–Kier alpha value is -2.14. The van der Waals surface area contributed by atoms with Gasteiger partial charge in [-0.05, 0) is 46.3 Å². The van der Waals surface area contributed by atoms with Crippen LogP contribution in [-0.4, -0.2) is 4.98 Å². The predicted octanol–water partition coefficient (Wildman–Crippen LogP) is 4.46. The Bertz CT molecular complexity index is 789. The smallest absolute Gasteiger partial charge is 0.137 e. The topological polar surface area (TPSA) is 50.9 Å². The van der Waals surface area contributed by atoms with Gasteiger partial charge in [-0.2, -0.15) is 0 Å². The van der Waals surface area contributed by atoms with Crippen LogP contribution < -0.4 is 11.1 Å². The second kappa shape index (κ2) is 5.09. The van der Waals surface area contributed by atoms with Crippen molar-refractivity contribution in [2.24, 2.45) is 0 Å². The van der Waals surface area contributed by atoms with E-state index in [0.29, 0.717) is 10.2 Å². The van der Waals surface area contributed by atoms with Gasteiger partial charge in [0.2, 0.25) is 0 Å². The summed E-state index contributed by atoms with van der Waals surface area (Å²) in [5.74, 6) is -0.292. The number of hydrogen-bond acceptors (Lipinski definition) is 3. The normalized spacial score (nSPS) is 10.7. The molecule has 0 bridgehead atoms. The first-order valence-corrected chi connectivity index (χ1v) is 6.80. The first-order valence-electron chi connectivity index (χ1n) is 6.00. The molecule has 0 fully saturated rings. The first-order chi connectivity index (χ1) is 9.65. The second-order valence-electron chi connectivity index (χ2n) is 4.36. The van der Waals surface area contributed by atoms with Crippen LogP contribution in [0, 0.1) is 5.82 Å². The number of fused-ring (bicyclic) bond motifs is 1. The van der Waals surface area contributed by atoms with Gasteiger partial charge in [0, 0.05) is 23.0 Å². The van der Waals surface area contributed by atoms with Crippen LogP contribution >= 0.6 is 15.9 Å². The average Bonchev–Trinajstić information content (AvgIpc) is 2.44. The molecular weight excluding hydrogens is 321 g/mol. The standard InChI is InChI=1S/C15H11BrFN3/c16-11-8-9(4-5-12(11)17)20-14-6-7-19-15-10(14)2-1-3-13(15)18/h1-8H,18H2,(H,19,20). The lowest BCUT2D eigenvalue weighted by Crippen LogP contribution is -1.95. The van der Waals surface area contributed by atoms with E-state index >= 15 is 0 Å². The zero-order valence-corrected chi connectivity index (χ0v) is 12.0. The van der Waals surface area contributed by atoms with Crippen molar-refractivity contribution in [3.05, 3.63) is 59.0 Å². The van der Waals surface area contributed by atoms with Crippen molar-refractivity contribution in [1.82, 2.24) is 4.98 Å². The minimum atomic E-state index is -0.292. The molecule has 0 amide bonds. The summed E-state index contributed by atoms with van der Waals surface area (Å²) in [5.41, 5.74) is 8.96. The van der Waals surface area contributed by atoms with Gasteiger partial charge in [0.1, 0.15) is 5.82 Å². The van der Waals surface area contributed by atoms with Crippen molar-refractivity contribution in [1.29, 1.82) is 0 Å². The monoisotopic (exact) mass is 331 g/mol. The van der Waals surface area contributed by atoms with E-state index in [-0.39, 0.29) is 5.82 Å². The van der Waals surface area contributed by atoms with E-state index in [4.69, 9.17) is 5.73 Å². The van der Waals surface area contributed by atoms with E-state index in [1.165, 1.54) is 6.07 Å². The molecule has 1 heterocycles. The number of benzene rings is 2. The number of aromatic nitrogens is 1. The maximum atomic E-state index is 13.2. The Morgan fingerprint density at radius 2 is 2.00 bits per heavy atom. The first kappa shape index (κ1) is 12.9. The molecular formula is C15H11BrFN3. The van der Waals surface area contributed by atoms with Gasteiger partial charge in [0.15, 0.2) is 0 Å². The van der Waals surface area contributed by atoms with Crippen molar-refractivity contribution in [3.8, 4) is 0 Å². The van der Waals surface area contributed by atoms with E-state index in [1.807, 2.05) is 24.3 Å². The highest BCUT2D eigenvalue weighted by atomic mass is 79.9. The molecule has 3 rings (SSSR count). The summed E-state index contributed by atoms with van der Waals surface area (Å²) in [6.07, 6.45) is 1.69. The molecule has 2 aromatic carbocycles. The third kappa shape index (κ3) is 2.32. The molecule has 0 saturated carbocycles. The van der Waals surface area contributed by atoms with Crippen molar-refractivity contribution in [3.63, 3.8) is 0 Å². The summed E-state index contributed by atoms with van der Waals surface area (Å²) in [5, 5.41) is 4.17. The zero-order chi connectivity index (χ0) is 14.1. The highest BCUT2D eigenvalue weighted by Gasteiger charge is 2.06. The van der Waals surface area contributed by atoms with Gasteiger partial charge in [0.05, 0.1) is 15.7 Å². The number of para-hydroxylation sites is 1. The number of anilines is 3. The molecule has 0 spiro atoms. The number of rotatable bonds is 2. The highest BCUT2D eigenvalue weighted by Crippen LogP contribution is 2.29. The third-order valence-corrected chi connectivity index (χ3v) is 3.61. The lowest BCUT2D eigenvalue weighted by atomic mass is 10.1. The molecule has 0 aliphatic heterocycles. The molecule has 5 heteroatoms. The van der Waals surface area contributed by atoms with E-state index < -0.39 is 0 Å². The second-order valence-corrected chi connectivity index (χ2v) is 5.21. The maximum absolute atomic E-state index is 13.2. The molecule has 0 atom stereocenters. The van der Waals surface area contributed by atoms with Crippen molar-refractivity contribution < 1.29 is 4.39 Å². The predicted molar refractivity (Wildman–Crippen MR) is 83.5 cm³/mol. The summed E-state index contributed by atoms with van der Waals surface area (Å²) in [6.45, 7) is 0. The number of nitrogen functional groups attached to an aromatic ring is 1. The molecule has 0 aliphatic rings. The summed E-state index contributed by atoms with van der Waals surface area (Å²) >= 11 is 3.17. The molecule has 3 N–H and O–H groups in total. The lowest BCUT2D eigenvalue weighted by Gasteiger charge is -2.11. The number of nitrogens with two attached hydrogens (primary N) is 1. The Morgan fingerprint density at radius 1 is 1.15 bits per heavy atom. The molecule has 3 nitrogen and oxygen atoms in total. The van der Waals surface area contributed by atoms with Crippen LogP contribution in [0.15, 0.2) is 53.1 Å². The van der Waals surface area contributed by atoms with Crippen LogP contribution in [0.1, 0.15) is 0 Å². The Morgan fingerprint density at radius 3 is 2.80 bits per heavy atom. The summed E-state index contributed by atoms with van der Waals surface area (Å²) in [6, 6.07) is 12.3. The highest BCUT2D eigenvalue weighted by molar-refractivity contribution is 9.10. The Labute approximate surface area is 123 Å². The zero-order valence-electron chi connectivity index (χ0n) is 10.4. The molecule has 1 aromatic heterocycles. The number of halogens is 2. The average molecular weight is 332 g/mol. The maximum Gasteiger partial charge on any atom is 0.137 e. The molecule has 20 heavy (non-hydrogen) atoms. The SMILES string of the molecule is Nc1cccc2c(Nc3ccc(F)c(Br)c3)ccnc12. The van der Waals surface area contributed by atoms with Gasteiger partial charge >= 0.3 is 0 Å². The third-order valence-electron chi connectivity index (χ3n) is 3.00. The van der Waals surface area contributed by atoms with E-state index in [0.717, 1.165) is 22.3 Å². The fourth-order valence-electron chi connectivity index (χ4n) is 2.04. The summed E-state index contributed by atoms with van der Waals surface area (Å²) in [4.78, 5) is 4.28. The van der Waals surface area contributed by atoms with Crippen LogP contribution in [0.2, 0.25) is 0 Å². The number of nitrogens with zero attached hydrogens (tertiary/aromatic N) is 1. The fourth-order valence-corrected chi connectivity index (χ4v) is 2.42. The number of nitrogens with one attached hydrogen (secondary N) is 1. The van der Waals surface area contributed by atoms with E-state index in [2.05, 4.69) is 26.2 Å². The van der Waals surface area contributed by atoms with Crippen molar-refractivity contribution in [2.75, 3.05) is 11.1 Å². The van der Waals surface area contributed by atoms with Gasteiger partial charge in [-0.1, -0.05) is 12.1 Å². The number of pyridine rings is 1. The summed E-state index contributed by atoms with van der Waals surface area (Å²) in [7, 11) is 0. The molecule has 0 saturated heterocycles. The Kier molecular flexibility index (Phi) is 3.28. The fraction of sp³-hybridized carbons (Fsp3) is 0. The minimum absolute atomic E-state index is 0.292. The van der Waals surface area contributed by atoms with E-state index in [9.17, 15) is 4.39 Å². The van der Waals surface area contributed by atoms with Crippen LogP contribution in [-0.2, 0) is 0 Å². The quantitative estimate of drug-likeness (QED) is 0.681. The lowest BCUT2D eigenvalue weighted by molar-refractivity contribution is 0.621. The van der Waals surface area contributed by atoms with Crippen LogP contribution in [0.3, 0.4) is 0 Å². The molecule has 100 valence electrons. The van der Waals surface area contributed by atoms with Crippen molar-refractivity contribution >= 4 is 43.9 Å². The van der Waals surface area contributed by atoms with Crippen LogP contribution in [0.25, 0.3) is 10.9 Å².